The highest BCUT2D eigenvalue weighted by Gasteiger charge is 2.64. The first-order chi connectivity index (χ1) is 16.8. The van der Waals surface area contributed by atoms with E-state index in [1.54, 1.807) is 14.2 Å². The van der Waals surface area contributed by atoms with E-state index in [1.807, 2.05) is 0 Å². The van der Waals surface area contributed by atoms with Crippen LogP contribution >= 0.6 is 0 Å². The van der Waals surface area contributed by atoms with Crippen LogP contribution < -0.4 is 0 Å². The maximum Gasteiger partial charge on any atom is 0.305 e. The molecule has 0 N–H and O–H groups in total. The van der Waals surface area contributed by atoms with Crippen molar-refractivity contribution in [3.8, 4) is 0 Å². The smallest absolute Gasteiger partial charge is 0.305 e. The van der Waals surface area contributed by atoms with Gasteiger partial charge in [-0.1, -0.05) is 20.8 Å². The van der Waals surface area contributed by atoms with Gasteiger partial charge in [0.1, 0.15) is 13.6 Å². The van der Waals surface area contributed by atoms with E-state index in [9.17, 15) is 4.79 Å². The second-order valence-corrected chi connectivity index (χ2v) is 12.6. The highest BCUT2D eigenvalue weighted by molar-refractivity contribution is 5.69. The van der Waals surface area contributed by atoms with Crippen molar-refractivity contribution in [2.45, 2.75) is 97.2 Å². The zero-order valence-electron chi connectivity index (χ0n) is 23.1. The molecule has 202 valence electrons. The second-order valence-electron chi connectivity index (χ2n) is 12.6. The first kappa shape index (κ1) is 27.3. The molecule has 0 spiro atoms. The van der Waals surface area contributed by atoms with Crippen LogP contribution in [0.1, 0.15) is 85.0 Å². The zero-order chi connectivity index (χ0) is 25.2. The summed E-state index contributed by atoms with van der Waals surface area (Å²) < 4.78 is 28.1. The van der Waals surface area contributed by atoms with Gasteiger partial charge in [-0.15, -0.1) is 0 Å². The number of carbonyl (C=O) groups excluding carboxylic acids is 1. The average molecular weight is 495 g/mol. The van der Waals surface area contributed by atoms with Gasteiger partial charge in [0.25, 0.3) is 0 Å². The summed E-state index contributed by atoms with van der Waals surface area (Å²) in [7, 11) is 4.93. The normalized spacial score (nSPS) is 43.7. The van der Waals surface area contributed by atoms with Crippen LogP contribution in [0.2, 0.25) is 0 Å². The Morgan fingerprint density at radius 1 is 0.914 bits per heavy atom. The van der Waals surface area contributed by atoms with Crippen LogP contribution in [0.3, 0.4) is 0 Å². The van der Waals surface area contributed by atoms with Crippen LogP contribution in [0.4, 0.5) is 0 Å². The molecule has 0 radical (unpaired) electrons. The minimum Gasteiger partial charge on any atom is -0.469 e. The Kier molecular flexibility index (Phi) is 8.88. The van der Waals surface area contributed by atoms with Crippen LogP contribution in [0.15, 0.2) is 0 Å². The van der Waals surface area contributed by atoms with Gasteiger partial charge in [-0.2, -0.15) is 0 Å². The van der Waals surface area contributed by atoms with Gasteiger partial charge in [0.05, 0.1) is 19.3 Å². The highest BCUT2D eigenvalue weighted by atomic mass is 16.7. The van der Waals surface area contributed by atoms with Gasteiger partial charge >= 0.3 is 5.97 Å². The van der Waals surface area contributed by atoms with Gasteiger partial charge in [-0.25, -0.2) is 0 Å². The number of ether oxygens (including phenoxy) is 5. The largest absolute Gasteiger partial charge is 0.469 e. The lowest BCUT2D eigenvalue weighted by Gasteiger charge is -2.63. The number of methoxy groups -OCH3 is 3. The van der Waals surface area contributed by atoms with Gasteiger partial charge in [-0.05, 0) is 98.7 Å². The van der Waals surface area contributed by atoms with Crippen molar-refractivity contribution in [3.05, 3.63) is 0 Å². The van der Waals surface area contributed by atoms with E-state index < -0.39 is 0 Å². The summed E-state index contributed by atoms with van der Waals surface area (Å²) >= 11 is 0. The standard InChI is InChI=1S/C29H50O6/c1-19(7-12-27(30)33-6)23-10-11-24-22-9-8-20-15-21(34-17-31-4)13-14-28(20,2)25(22)16-26(29(23,24)3)35-18-32-5/h19-26H,7-18H2,1-6H3/t19-,20-,21-,22+,23-,24+,25+,26+,28+,29-/m1/s1. The minimum absolute atomic E-state index is 0.0937. The predicted molar refractivity (Wildman–Crippen MR) is 135 cm³/mol. The summed E-state index contributed by atoms with van der Waals surface area (Å²) in [4.78, 5) is 11.9. The molecular weight excluding hydrogens is 444 g/mol. The maximum atomic E-state index is 11.9. The quantitative estimate of drug-likeness (QED) is 0.282. The number of hydrogen-bond acceptors (Lipinski definition) is 6. The molecule has 35 heavy (non-hydrogen) atoms. The molecule has 0 bridgehead atoms. The number of fused-ring (bicyclic) bond motifs is 5. The Hall–Kier alpha value is -0.690. The van der Waals surface area contributed by atoms with Crippen LogP contribution in [0.5, 0.6) is 0 Å². The Balaban J connectivity index is 1.55. The monoisotopic (exact) mass is 494 g/mol. The molecule has 4 saturated carbocycles. The fourth-order valence-electron chi connectivity index (χ4n) is 9.48. The molecule has 4 fully saturated rings. The molecule has 6 nitrogen and oxygen atoms in total. The third-order valence-electron chi connectivity index (χ3n) is 11.3. The van der Waals surface area contributed by atoms with Crippen molar-refractivity contribution in [2.75, 3.05) is 34.9 Å². The minimum atomic E-state index is -0.0937. The lowest BCUT2D eigenvalue weighted by molar-refractivity contribution is -0.214. The van der Waals surface area contributed by atoms with E-state index >= 15 is 0 Å². The summed E-state index contributed by atoms with van der Waals surface area (Å²) in [5.74, 6) is 3.85. The molecule has 0 saturated heterocycles. The van der Waals surface area contributed by atoms with Crippen molar-refractivity contribution in [2.24, 2.45) is 46.3 Å². The van der Waals surface area contributed by atoms with Gasteiger partial charge in [0, 0.05) is 26.1 Å². The Labute approximate surface area is 213 Å². The second kappa shape index (κ2) is 11.4. The fourth-order valence-corrected chi connectivity index (χ4v) is 9.48. The molecule has 10 atom stereocenters. The topological polar surface area (TPSA) is 63.2 Å². The van der Waals surface area contributed by atoms with E-state index in [1.165, 1.54) is 45.6 Å². The van der Waals surface area contributed by atoms with E-state index in [0.29, 0.717) is 55.2 Å². The highest BCUT2D eigenvalue weighted by Crippen LogP contribution is 2.69. The molecule has 0 amide bonds. The lowest BCUT2D eigenvalue weighted by Crippen LogP contribution is -2.59. The maximum absolute atomic E-state index is 11.9. The summed E-state index contributed by atoms with van der Waals surface area (Å²) in [6.45, 7) is 8.22. The summed E-state index contributed by atoms with van der Waals surface area (Å²) in [5.41, 5.74) is 0.498. The summed E-state index contributed by atoms with van der Waals surface area (Å²) in [5, 5.41) is 0. The first-order valence-electron chi connectivity index (χ1n) is 14.1. The van der Waals surface area contributed by atoms with Gasteiger partial charge in [0.15, 0.2) is 0 Å². The fraction of sp³-hybridized carbons (Fsp3) is 0.966. The molecule has 4 aliphatic carbocycles. The van der Waals surface area contributed by atoms with Crippen molar-refractivity contribution in [1.82, 2.24) is 0 Å². The third kappa shape index (κ3) is 5.06. The van der Waals surface area contributed by atoms with Crippen molar-refractivity contribution < 1.29 is 28.5 Å². The molecule has 0 heterocycles. The third-order valence-corrected chi connectivity index (χ3v) is 11.3. The van der Waals surface area contributed by atoms with Crippen molar-refractivity contribution in [1.29, 1.82) is 0 Å². The molecule has 0 unspecified atom stereocenters. The van der Waals surface area contributed by atoms with Crippen LogP contribution in [0.25, 0.3) is 0 Å². The molecule has 0 aromatic heterocycles. The van der Waals surface area contributed by atoms with E-state index in [-0.39, 0.29) is 17.5 Å². The van der Waals surface area contributed by atoms with E-state index in [0.717, 1.165) is 31.1 Å². The van der Waals surface area contributed by atoms with Gasteiger partial charge in [-0.3, -0.25) is 4.79 Å². The lowest BCUT2D eigenvalue weighted by atomic mass is 9.43. The van der Waals surface area contributed by atoms with Crippen molar-refractivity contribution >= 4 is 5.97 Å². The van der Waals surface area contributed by atoms with Crippen LogP contribution in [0, 0.1) is 46.3 Å². The zero-order valence-corrected chi connectivity index (χ0v) is 23.1. The summed E-state index contributed by atoms with van der Waals surface area (Å²) in [6, 6.07) is 0. The molecule has 4 aliphatic rings. The number of carbonyl (C=O) groups is 1. The molecule has 0 aromatic carbocycles. The van der Waals surface area contributed by atoms with Crippen molar-refractivity contribution in [3.63, 3.8) is 0 Å². The predicted octanol–water partition coefficient (Wildman–Crippen LogP) is 5.82. The van der Waals surface area contributed by atoms with Crippen LogP contribution in [-0.4, -0.2) is 53.1 Å². The number of hydrogen-bond donors (Lipinski definition) is 0. The van der Waals surface area contributed by atoms with Crippen LogP contribution in [-0.2, 0) is 28.5 Å². The van der Waals surface area contributed by atoms with Gasteiger partial charge in [0.2, 0.25) is 0 Å². The summed E-state index contributed by atoms with van der Waals surface area (Å²) in [6.07, 6.45) is 11.8. The Bertz CT molecular complexity index is 713. The molecule has 0 aromatic rings. The average Bonchev–Trinajstić information content (AvgIpc) is 3.22. The SMILES string of the molecule is COCO[C@@H]1CC[C@@]2(C)[C@H](CC[C@@H]3[C@@H]2C[C@H](OCOC)[C@]2(C)[C@@H]([C@H](C)CCC(=O)OC)CC[C@@H]32)C1. The number of rotatable bonds is 10. The molecular formula is C29H50O6. The molecule has 0 aliphatic heterocycles. The number of esters is 1. The van der Waals surface area contributed by atoms with E-state index in [4.69, 9.17) is 23.7 Å². The van der Waals surface area contributed by atoms with Gasteiger partial charge < -0.3 is 23.7 Å². The molecule has 4 rings (SSSR count). The Morgan fingerprint density at radius 2 is 1.66 bits per heavy atom. The van der Waals surface area contributed by atoms with E-state index in [2.05, 4.69) is 20.8 Å². The molecule has 6 heteroatoms. The first-order valence-corrected chi connectivity index (χ1v) is 14.1. The Morgan fingerprint density at radius 3 is 2.37 bits per heavy atom.